The Kier molecular flexibility index (Phi) is 3.66. The van der Waals surface area contributed by atoms with Crippen LogP contribution >= 0.6 is 0 Å². The summed E-state index contributed by atoms with van der Waals surface area (Å²) in [6.45, 7) is 0. The van der Waals surface area contributed by atoms with Crippen molar-refractivity contribution in [3.05, 3.63) is 48.4 Å². The molecule has 1 aromatic heterocycles. The quantitative estimate of drug-likeness (QED) is 0.900. The Bertz CT molecular complexity index is 672. The third-order valence-corrected chi connectivity index (χ3v) is 3.72. The minimum absolute atomic E-state index is 0.337. The summed E-state index contributed by atoms with van der Waals surface area (Å²) in [4.78, 5) is 3.54. The van der Waals surface area contributed by atoms with Gasteiger partial charge in [0.1, 0.15) is 0 Å². The molecule has 7 heteroatoms. The van der Waals surface area contributed by atoms with Gasteiger partial charge in [0.15, 0.2) is 5.82 Å². The summed E-state index contributed by atoms with van der Waals surface area (Å²) in [5, 5.41) is 2.29. The van der Waals surface area contributed by atoms with Crippen molar-refractivity contribution in [3.8, 4) is 0 Å². The van der Waals surface area contributed by atoms with Crippen LogP contribution in [0, 0.1) is 5.82 Å². The maximum absolute atomic E-state index is 13.4. The molecule has 0 radical (unpaired) electrons. The van der Waals surface area contributed by atoms with Gasteiger partial charge in [-0.2, -0.15) is 8.42 Å². The van der Waals surface area contributed by atoms with Gasteiger partial charge >= 0.3 is 0 Å². The molecule has 0 saturated heterocycles. The van der Waals surface area contributed by atoms with Crippen molar-refractivity contribution in [1.29, 1.82) is 0 Å². The maximum atomic E-state index is 13.4. The van der Waals surface area contributed by atoms with E-state index in [9.17, 15) is 12.8 Å². The predicted molar refractivity (Wildman–Crippen MR) is 71.0 cm³/mol. The lowest BCUT2D eigenvalue weighted by Crippen LogP contribution is -2.16. The second-order valence-corrected chi connectivity index (χ2v) is 5.32. The van der Waals surface area contributed by atoms with Crippen molar-refractivity contribution in [1.82, 2.24) is 4.98 Å². The standard InChI is InChI=1S/C12H12FN3O2S/c1-14-9-4-6-10(7-5-9)16-19(17,18)12-11(13)3-2-8-15-12/h2-8,14,16H,1H3. The largest absolute Gasteiger partial charge is 0.388 e. The van der Waals surface area contributed by atoms with Crippen LogP contribution < -0.4 is 10.0 Å². The molecule has 0 spiro atoms. The number of pyridine rings is 1. The summed E-state index contributed by atoms with van der Waals surface area (Å²) in [6.07, 6.45) is 1.22. The van der Waals surface area contributed by atoms with Crippen LogP contribution in [0.2, 0.25) is 0 Å². The van der Waals surface area contributed by atoms with E-state index in [-0.39, 0.29) is 0 Å². The summed E-state index contributed by atoms with van der Waals surface area (Å²) >= 11 is 0. The van der Waals surface area contributed by atoms with Gasteiger partial charge in [-0.05, 0) is 36.4 Å². The Morgan fingerprint density at radius 3 is 2.32 bits per heavy atom. The molecule has 19 heavy (non-hydrogen) atoms. The van der Waals surface area contributed by atoms with Crippen molar-refractivity contribution >= 4 is 21.4 Å². The maximum Gasteiger partial charge on any atom is 0.282 e. The third-order valence-electron chi connectivity index (χ3n) is 2.41. The summed E-state index contributed by atoms with van der Waals surface area (Å²) < 4.78 is 39.6. The summed E-state index contributed by atoms with van der Waals surface area (Å²) in [5.41, 5.74) is 1.18. The molecule has 100 valence electrons. The van der Waals surface area contributed by atoms with Crippen LogP contribution in [-0.2, 0) is 10.0 Å². The highest BCUT2D eigenvalue weighted by Gasteiger charge is 2.20. The van der Waals surface area contributed by atoms with E-state index in [1.165, 1.54) is 12.3 Å². The third kappa shape index (κ3) is 3.00. The Balaban J connectivity index is 2.28. The van der Waals surface area contributed by atoms with Crippen molar-refractivity contribution in [2.24, 2.45) is 0 Å². The van der Waals surface area contributed by atoms with Gasteiger partial charge in [0.2, 0.25) is 5.03 Å². The van der Waals surface area contributed by atoms with Gasteiger partial charge in [0.05, 0.1) is 0 Å². The molecule has 0 atom stereocenters. The van der Waals surface area contributed by atoms with E-state index >= 15 is 0 Å². The highest BCUT2D eigenvalue weighted by Crippen LogP contribution is 2.18. The zero-order valence-corrected chi connectivity index (χ0v) is 10.9. The van der Waals surface area contributed by atoms with E-state index in [2.05, 4.69) is 15.0 Å². The van der Waals surface area contributed by atoms with Crippen LogP contribution in [-0.4, -0.2) is 20.4 Å². The fourth-order valence-corrected chi connectivity index (χ4v) is 2.54. The molecule has 0 aliphatic heterocycles. The van der Waals surface area contributed by atoms with Gasteiger partial charge in [0.25, 0.3) is 10.0 Å². The van der Waals surface area contributed by atoms with Crippen molar-refractivity contribution in [2.45, 2.75) is 5.03 Å². The first-order chi connectivity index (χ1) is 9.03. The number of benzene rings is 1. The van der Waals surface area contributed by atoms with Gasteiger partial charge in [-0.1, -0.05) is 0 Å². The van der Waals surface area contributed by atoms with E-state index in [4.69, 9.17) is 0 Å². The normalized spacial score (nSPS) is 11.1. The van der Waals surface area contributed by atoms with Crippen LogP contribution in [0.15, 0.2) is 47.6 Å². The van der Waals surface area contributed by atoms with Gasteiger partial charge in [0, 0.05) is 24.6 Å². The molecular formula is C12H12FN3O2S. The summed E-state index contributed by atoms with van der Waals surface area (Å²) in [7, 11) is -2.27. The minimum atomic E-state index is -4.02. The van der Waals surface area contributed by atoms with Crippen LogP contribution in [0.1, 0.15) is 0 Å². The molecule has 0 saturated carbocycles. The zero-order chi connectivity index (χ0) is 13.9. The van der Waals surface area contributed by atoms with Crippen molar-refractivity contribution in [3.63, 3.8) is 0 Å². The topological polar surface area (TPSA) is 71.1 Å². The zero-order valence-electron chi connectivity index (χ0n) is 10.1. The molecule has 0 aliphatic carbocycles. The lowest BCUT2D eigenvalue weighted by Gasteiger charge is -2.08. The second-order valence-electron chi connectivity index (χ2n) is 3.72. The number of sulfonamides is 1. The molecule has 0 amide bonds. The number of anilines is 2. The molecule has 1 heterocycles. The van der Waals surface area contributed by atoms with E-state index < -0.39 is 20.9 Å². The number of aromatic nitrogens is 1. The number of hydrogen-bond acceptors (Lipinski definition) is 4. The summed E-state index contributed by atoms with van der Waals surface area (Å²) in [6, 6.07) is 8.93. The summed E-state index contributed by atoms with van der Waals surface area (Å²) in [5.74, 6) is -0.887. The minimum Gasteiger partial charge on any atom is -0.388 e. The predicted octanol–water partition coefficient (Wildman–Crippen LogP) is 2.06. The van der Waals surface area contributed by atoms with E-state index in [1.54, 1.807) is 31.3 Å². The van der Waals surface area contributed by atoms with Gasteiger partial charge < -0.3 is 5.32 Å². The van der Waals surface area contributed by atoms with Gasteiger partial charge in [-0.3, -0.25) is 4.72 Å². The molecule has 2 N–H and O–H groups in total. The van der Waals surface area contributed by atoms with E-state index in [0.717, 1.165) is 11.8 Å². The van der Waals surface area contributed by atoms with Crippen molar-refractivity contribution in [2.75, 3.05) is 17.1 Å². The SMILES string of the molecule is CNc1ccc(NS(=O)(=O)c2ncccc2F)cc1. The van der Waals surface area contributed by atoms with Crippen molar-refractivity contribution < 1.29 is 12.8 Å². The Morgan fingerprint density at radius 2 is 1.74 bits per heavy atom. The highest BCUT2D eigenvalue weighted by molar-refractivity contribution is 7.92. The smallest absolute Gasteiger partial charge is 0.282 e. The molecule has 0 unspecified atom stereocenters. The number of rotatable bonds is 4. The molecule has 1 aromatic carbocycles. The van der Waals surface area contributed by atoms with Crippen LogP contribution in [0.5, 0.6) is 0 Å². The molecule has 2 rings (SSSR count). The average molecular weight is 281 g/mol. The highest BCUT2D eigenvalue weighted by atomic mass is 32.2. The molecular weight excluding hydrogens is 269 g/mol. The Labute approximate surface area is 110 Å². The molecule has 0 aliphatic rings. The average Bonchev–Trinajstić information content (AvgIpc) is 2.39. The lowest BCUT2D eigenvalue weighted by atomic mass is 10.3. The Hall–Kier alpha value is -2.15. The first-order valence-corrected chi connectivity index (χ1v) is 6.92. The van der Waals surface area contributed by atoms with Crippen LogP contribution in [0.25, 0.3) is 0 Å². The monoisotopic (exact) mass is 281 g/mol. The number of hydrogen-bond donors (Lipinski definition) is 2. The Morgan fingerprint density at radius 1 is 1.11 bits per heavy atom. The number of halogens is 1. The van der Waals surface area contributed by atoms with Crippen LogP contribution in [0.4, 0.5) is 15.8 Å². The fraction of sp³-hybridized carbons (Fsp3) is 0.0833. The van der Waals surface area contributed by atoms with Crippen LogP contribution in [0.3, 0.4) is 0 Å². The molecule has 2 aromatic rings. The molecule has 0 fully saturated rings. The van der Waals surface area contributed by atoms with E-state index in [0.29, 0.717) is 5.69 Å². The van der Waals surface area contributed by atoms with Gasteiger partial charge in [-0.25, -0.2) is 9.37 Å². The lowest BCUT2D eigenvalue weighted by molar-refractivity contribution is 0.557. The first-order valence-electron chi connectivity index (χ1n) is 5.44. The first kappa shape index (κ1) is 13.3. The second kappa shape index (κ2) is 5.23. The molecule has 5 nitrogen and oxygen atoms in total. The fourth-order valence-electron chi connectivity index (χ4n) is 1.48. The van der Waals surface area contributed by atoms with Gasteiger partial charge in [-0.15, -0.1) is 0 Å². The van der Waals surface area contributed by atoms with E-state index in [1.807, 2.05) is 0 Å². The molecule has 0 bridgehead atoms. The number of nitrogens with one attached hydrogen (secondary N) is 2. The number of nitrogens with zero attached hydrogens (tertiary/aromatic N) is 1.